The molecule has 1 heterocycles. The van der Waals surface area contributed by atoms with Gasteiger partial charge in [0.1, 0.15) is 18.4 Å². The first kappa shape index (κ1) is 22.7. The second-order valence-electron chi connectivity index (χ2n) is 8.03. The molecule has 33 heavy (non-hydrogen) atoms. The van der Waals surface area contributed by atoms with E-state index >= 15 is 0 Å². The Balaban J connectivity index is 1.50. The number of nitrogens with two attached hydrogens (primary N) is 1. The molecule has 1 saturated carbocycles. The number of nitrogens with zero attached hydrogens (tertiary/aromatic N) is 3. The van der Waals surface area contributed by atoms with Gasteiger partial charge in [-0.2, -0.15) is 5.10 Å². The van der Waals surface area contributed by atoms with Gasteiger partial charge in [0.25, 0.3) is 5.91 Å². The van der Waals surface area contributed by atoms with Gasteiger partial charge in [0.15, 0.2) is 5.69 Å². The van der Waals surface area contributed by atoms with Crippen LogP contribution in [-0.4, -0.2) is 44.5 Å². The molecule has 0 spiro atoms. The first-order chi connectivity index (χ1) is 15.8. The van der Waals surface area contributed by atoms with Crippen LogP contribution in [0.25, 0.3) is 10.9 Å². The van der Waals surface area contributed by atoms with E-state index < -0.39 is 23.7 Å². The lowest BCUT2D eigenvalue weighted by Gasteiger charge is -2.28. The molecule has 2 aromatic carbocycles. The number of carbonyl (C=O) groups is 3. The summed E-state index contributed by atoms with van der Waals surface area (Å²) < 4.78 is 15.5. The van der Waals surface area contributed by atoms with Gasteiger partial charge in [-0.1, -0.05) is 41.9 Å². The van der Waals surface area contributed by atoms with Crippen molar-refractivity contribution in [1.82, 2.24) is 20.0 Å². The molecular weight excluding hydrogens is 449 g/mol. The summed E-state index contributed by atoms with van der Waals surface area (Å²) in [5.74, 6) is -1.98. The van der Waals surface area contributed by atoms with Crippen molar-refractivity contribution in [3.8, 4) is 0 Å². The summed E-state index contributed by atoms with van der Waals surface area (Å²) in [4.78, 5) is 39.3. The third kappa shape index (κ3) is 4.68. The van der Waals surface area contributed by atoms with Crippen LogP contribution in [0.5, 0.6) is 0 Å². The summed E-state index contributed by atoms with van der Waals surface area (Å²) in [5.41, 5.74) is 6.38. The maximum absolute atomic E-state index is 14.1. The molecule has 0 radical (unpaired) electrons. The van der Waals surface area contributed by atoms with Crippen LogP contribution in [0.15, 0.2) is 42.5 Å². The Morgan fingerprint density at radius 3 is 2.67 bits per heavy atom. The van der Waals surface area contributed by atoms with Crippen molar-refractivity contribution in [2.45, 2.75) is 44.9 Å². The molecule has 0 bridgehead atoms. The number of aromatic nitrogens is 2. The predicted molar refractivity (Wildman–Crippen MR) is 121 cm³/mol. The minimum Gasteiger partial charge on any atom is -0.364 e. The minimum atomic E-state index is -0.773. The van der Waals surface area contributed by atoms with Crippen LogP contribution in [0.4, 0.5) is 4.39 Å². The number of halogens is 2. The Morgan fingerprint density at radius 2 is 1.97 bits per heavy atom. The van der Waals surface area contributed by atoms with Gasteiger partial charge in [-0.25, -0.2) is 4.39 Å². The van der Waals surface area contributed by atoms with Crippen LogP contribution in [-0.2, 0) is 22.7 Å². The summed E-state index contributed by atoms with van der Waals surface area (Å²) >= 11 is 5.80. The molecule has 1 fully saturated rings. The number of nitrogens with one attached hydrogen (secondary N) is 1. The van der Waals surface area contributed by atoms with Crippen LogP contribution < -0.4 is 11.1 Å². The molecule has 1 aromatic heterocycles. The molecule has 0 unspecified atom stereocenters. The summed E-state index contributed by atoms with van der Waals surface area (Å²) in [6.45, 7) is 1.44. The van der Waals surface area contributed by atoms with Crippen molar-refractivity contribution in [2.24, 2.45) is 5.73 Å². The molecule has 10 heteroatoms. The summed E-state index contributed by atoms with van der Waals surface area (Å²) in [5, 5.41) is 7.45. The van der Waals surface area contributed by atoms with Crippen LogP contribution in [0.1, 0.15) is 35.8 Å². The van der Waals surface area contributed by atoms with E-state index in [0.717, 1.165) is 12.8 Å². The number of hydrogen-bond acceptors (Lipinski definition) is 4. The molecule has 0 aliphatic heterocycles. The van der Waals surface area contributed by atoms with Gasteiger partial charge < -0.3 is 16.0 Å². The average Bonchev–Trinajstić information content (AvgIpc) is 3.55. The third-order valence-corrected chi connectivity index (χ3v) is 5.98. The van der Waals surface area contributed by atoms with Crippen molar-refractivity contribution in [3.05, 3.63) is 64.6 Å². The molecular formula is C23H23ClFN5O3. The number of benzene rings is 2. The Morgan fingerprint density at radius 1 is 1.24 bits per heavy atom. The highest BCUT2D eigenvalue weighted by molar-refractivity contribution is 6.30. The van der Waals surface area contributed by atoms with Gasteiger partial charge in [-0.15, -0.1) is 0 Å². The second kappa shape index (κ2) is 9.19. The minimum absolute atomic E-state index is 0.0219. The molecule has 1 aliphatic carbocycles. The van der Waals surface area contributed by atoms with Crippen molar-refractivity contribution >= 4 is 40.2 Å². The number of hydrogen-bond donors (Lipinski definition) is 2. The zero-order valence-corrected chi connectivity index (χ0v) is 18.7. The molecule has 3 amide bonds. The van der Waals surface area contributed by atoms with Crippen LogP contribution in [0.2, 0.25) is 5.02 Å². The SMILES string of the molecule is C[C@H](C(=O)NCc1cccc(Cl)c1F)N(C(=O)Cn1nc(C(N)=O)c2ccccc21)C1CC1. The topological polar surface area (TPSA) is 110 Å². The van der Waals surface area contributed by atoms with E-state index in [2.05, 4.69) is 10.4 Å². The first-order valence-electron chi connectivity index (χ1n) is 10.5. The molecule has 8 nitrogen and oxygen atoms in total. The molecule has 3 aromatic rings. The molecule has 0 saturated heterocycles. The number of amides is 3. The lowest BCUT2D eigenvalue weighted by Crippen LogP contribution is -2.50. The fourth-order valence-corrected chi connectivity index (χ4v) is 4.06. The van der Waals surface area contributed by atoms with Gasteiger partial charge in [-0.05, 0) is 31.9 Å². The van der Waals surface area contributed by atoms with E-state index in [1.807, 2.05) is 0 Å². The summed E-state index contributed by atoms with van der Waals surface area (Å²) in [6.07, 6.45) is 1.58. The fraction of sp³-hybridized carbons (Fsp3) is 0.304. The lowest BCUT2D eigenvalue weighted by atomic mass is 10.2. The van der Waals surface area contributed by atoms with Crippen LogP contribution >= 0.6 is 11.6 Å². The van der Waals surface area contributed by atoms with Gasteiger partial charge in [0, 0.05) is 23.5 Å². The summed E-state index contributed by atoms with van der Waals surface area (Å²) in [7, 11) is 0. The van der Waals surface area contributed by atoms with Crippen LogP contribution in [0, 0.1) is 5.82 Å². The normalized spacial score (nSPS) is 14.2. The fourth-order valence-electron chi connectivity index (χ4n) is 3.87. The Hall–Kier alpha value is -3.46. The van der Waals surface area contributed by atoms with E-state index in [4.69, 9.17) is 17.3 Å². The number of primary amides is 1. The third-order valence-electron chi connectivity index (χ3n) is 5.69. The maximum atomic E-state index is 14.1. The van der Waals surface area contributed by atoms with Gasteiger partial charge in [-0.3, -0.25) is 19.1 Å². The monoisotopic (exact) mass is 471 g/mol. The van der Waals surface area contributed by atoms with Crippen LogP contribution in [0.3, 0.4) is 0 Å². The number of fused-ring (bicyclic) bond motifs is 1. The molecule has 4 rings (SSSR count). The highest BCUT2D eigenvalue weighted by Gasteiger charge is 2.38. The van der Waals surface area contributed by atoms with E-state index in [0.29, 0.717) is 10.9 Å². The maximum Gasteiger partial charge on any atom is 0.269 e. The Labute approximate surface area is 194 Å². The summed E-state index contributed by atoms with van der Waals surface area (Å²) in [6, 6.07) is 10.7. The molecule has 1 atom stereocenters. The van der Waals surface area contributed by atoms with E-state index in [-0.39, 0.29) is 41.3 Å². The highest BCUT2D eigenvalue weighted by atomic mass is 35.5. The smallest absolute Gasteiger partial charge is 0.269 e. The van der Waals surface area contributed by atoms with Crippen molar-refractivity contribution < 1.29 is 18.8 Å². The van der Waals surface area contributed by atoms with Gasteiger partial charge in [0.2, 0.25) is 11.8 Å². The lowest BCUT2D eigenvalue weighted by molar-refractivity contribution is -0.141. The predicted octanol–water partition coefficient (Wildman–Crippen LogP) is 2.62. The Bertz CT molecular complexity index is 1240. The van der Waals surface area contributed by atoms with Crippen molar-refractivity contribution in [3.63, 3.8) is 0 Å². The molecule has 3 N–H and O–H groups in total. The number of rotatable bonds is 8. The Kier molecular flexibility index (Phi) is 6.33. The highest BCUT2D eigenvalue weighted by Crippen LogP contribution is 2.29. The van der Waals surface area contributed by atoms with E-state index in [1.165, 1.54) is 21.7 Å². The number of carbonyl (C=O) groups excluding carboxylic acids is 3. The van der Waals surface area contributed by atoms with Crippen molar-refractivity contribution in [1.29, 1.82) is 0 Å². The standard InChI is InChI=1S/C23H23ClFN5O3/c1-13(23(33)27-11-14-5-4-7-17(24)20(14)25)30(15-9-10-15)19(31)12-29-18-8-3-2-6-16(18)21(28-29)22(26)32/h2-8,13,15H,9-12H2,1H3,(H2,26,32)(H,27,33)/t13-/m1/s1. The molecule has 1 aliphatic rings. The van der Waals surface area contributed by atoms with E-state index in [1.54, 1.807) is 37.3 Å². The quantitative estimate of drug-likeness (QED) is 0.526. The molecule has 172 valence electrons. The largest absolute Gasteiger partial charge is 0.364 e. The number of para-hydroxylation sites is 1. The van der Waals surface area contributed by atoms with E-state index in [9.17, 15) is 18.8 Å². The average molecular weight is 472 g/mol. The van der Waals surface area contributed by atoms with Gasteiger partial charge >= 0.3 is 0 Å². The zero-order valence-electron chi connectivity index (χ0n) is 17.9. The van der Waals surface area contributed by atoms with Crippen molar-refractivity contribution in [2.75, 3.05) is 0 Å². The first-order valence-corrected chi connectivity index (χ1v) is 10.9. The second-order valence-corrected chi connectivity index (χ2v) is 8.43. The zero-order chi connectivity index (χ0) is 23.7. The van der Waals surface area contributed by atoms with Gasteiger partial charge in [0.05, 0.1) is 10.5 Å².